The number of ether oxygens (including phenoxy) is 1. The van der Waals surface area contributed by atoms with Crippen LogP contribution in [0, 0.1) is 0 Å². The number of amides is 1. The molecule has 0 heterocycles. The Morgan fingerprint density at radius 3 is 2.67 bits per heavy atom. The smallest absolute Gasteiger partial charge is 0.307 e. The third kappa shape index (κ3) is 5.55. The summed E-state index contributed by atoms with van der Waals surface area (Å²) in [6.07, 6.45) is 0.925. The fraction of sp³-hybridized carbons (Fsp3) is 0.500. The molecule has 21 heavy (non-hydrogen) atoms. The van der Waals surface area contributed by atoms with Gasteiger partial charge in [0, 0.05) is 12.1 Å². The van der Waals surface area contributed by atoms with E-state index in [2.05, 4.69) is 5.32 Å². The van der Waals surface area contributed by atoms with Crippen LogP contribution in [0.1, 0.15) is 55.1 Å². The quantitative estimate of drug-likeness (QED) is 0.720. The van der Waals surface area contributed by atoms with Gasteiger partial charge in [0.05, 0.1) is 19.1 Å². The number of benzene rings is 1. The summed E-state index contributed by atoms with van der Waals surface area (Å²) in [5.74, 6) is -0.623. The van der Waals surface area contributed by atoms with Gasteiger partial charge < -0.3 is 15.2 Å². The Hall–Kier alpha value is -1.88. The van der Waals surface area contributed by atoms with Gasteiger partial charge in [-0.1, -0.05) is 31.5 Å². The molecule has 1 aromatic rings. The zero-order valence-corrected chi connectivity index (χ0v) is 12.6. The first-order valence-corrected chi connectivity index (χ1v) is 7.30. The van der Waals surface area contributed by atoms with Gasteiger partial charge in [-0.05, 0) is 25.0 Å². The summed E-state index contributed by atoms with van der Waals surface area (Å²) in [5, 5.41) is 12.8. The summed E-state index contributed by atoms with van der Waals surface area (Å²) < 4.78 is 4.79. The zero-order valence-electron chi connectivity index (χ0n) is 12.6. The van der Waals surface area contributed by atoms with Gasteiger partial charge in [0.1, 0.15) is 0 Å². The van der Waals surface area contributed by atoms with Crippen molar-refractivity contribution in [1.29, 1.82) is 0 Å². The number of esters is 1. The summed E-state index contributed by atoms with van der Waals surface area (Å²) >= 11 is 0. The molecule has 1 aromatic carbocycles. The third-order valence-electron chi connectivity index (χ3n) is 3.05. The van der Waals surface area contributed by atoms with Crippen LogP contribution in [-0.4, -0.2) is 30.1 Å². The van der Waals surface area contributed by atoms with Crippen LogP contribution in [0.15, 0.2) is 24.3 Å². The fourth-order valence-corrected chi connectivity index (χ4v) is 2.03. The van der Waals surface area contributed by atoms with Crippen molar-refractivity contribution in [3.8, 4) is 0 Å². The van der Waals surface area contributed by atoms with Gasteiger partial charge in [0.2, 0.25) is 0 Å². The van der Waals surface area contributed by atoms with Crippen molar-refractivity contribution in [3.05, 3.63) is 35.4 Å². The van der Waals surface area contributed by atoms with Crippen LogP contribution in [-0.2, 0) is 9.53 Å². The predicted octanol–water partition coefficient (Wildman–Crippen LogP) is 2.20. The lowest BCUT2D eigenvalue weighted by Crippen LogP contribution is -2.27. The second-order valence-electron chi connectivity index (χ2n) is 4.70. The highest BCUT2D eigenvalue weighted by Crippen LogP contribution is 2.22. The lowest BCUT2D eigenvalue weighted by molar-refractivity contribution is -0.142. The molecule has 0 spiro atoms. The van der Waals surface area contributed by atoms with Crippen molar-refractivity contribution < 1.29 is 19.4 Å². The molecule has 1 rings (SSSR count). The highest BCUT2D eigenvalue weighted by Gasteiger charge is 2.16. The number of carbonyl (C=O) groups excluding carboxylic acids is 2. The molecule has 5 nitrogen and oxygen atoms in total. The number of nitrogens with one attached hydrogen (secondary N) is 1. The molecule has 0 aliphatic rings. The Bertz CT molecular complexity index is 473. The average molecular weight is 293 g/mol. The number of aliphatic hydroxyl groups excluding tert-OH is 1. The predicted molar refractivity (Wildman–Crippen MR) is 79.9 cm³/mol. The van der Waals surface area contributed by atoms with Crippen LogP contribution in [0.5, 0.6) is 0 Å². The van der Waals surface area contributed by atoms with Crippen molar-refractivity contribution in [2.75, 3.05) is 13.2 Å². The maximum atomic E-state index is 12.1. The minimum atomic E-state index is -0.651. The van der Waals surface area contributed by atoms with E-state index in [4.69, 9.17) is 4.74 Å². The molecule has 116 valence electrons. The molecular formula is C16H23NO4. The summed E-state index contributed by atoms with van der Waals surface area (Å²) in [7, 11) is 0. The van der Waals surface area contributed by atoms with Crippen molar-refractivity contribution >= 4 is 11.9 Å². The van der Waals surface area contributed by atoms with Crippen LogP contribution in [0.3, 0.4) is 0 Å². The van der Waals surface area contributed by atoms with Gasteiger partial charge in [-0.3, -0.25) is 9.59 Å². The molecule has 1 atom stereocenters. The number of aliphatic hydroxyl groups is 1. The molecule has 0 aromatic heterocycles. The first-order chi connectivity index (χ1) is 10.1. The van der Waals surface area contributed by atoms with Crippen LogP contribution >= 0.6 is 0 Å². The van der Waals surface area contributed by atoms with Crippen molar-refractivity contribution in [1.82, 2.24) is 5.32 Å². The van der Waals surface area contributed by atoms with E-state index in [9.17, 15) is 14.7 Å². The molecule has 0 bridgehead atoms. The number of rotatable bonds is 8. The minimum absolute atomic E-state index is 0.138. The largest absolute Gasteiger partial charge is 0.466 e. The van der Waals surface area contributed by atoms with Gasteiger partial charge in [-0.15, -0.1) is 0 Å². The second kappa shape index (κ2) is 9.13. The SMILES string of the molecule is CCC[C@@H](O)c1ccccc1C(=O)NCCC(=O)OCC. The summed E-state index contributed by atoms with van der Waals surface area (Å²) in [6, 6.07) is 6.97. The van der Waals surface area contributed by atoms with E-state index in [-0.39, 0.29) is 24.8 Å². The van der Waals surface area contributed by atoms with Crippen molar-refractivity contribution in [2.45, 2.75) is 39.2 Å². The lowest BCUT2D eigenvalue weighted by atomic mass is 9.99. The van der Waals surface area contributed by atoms with Crippen LogP contribution in [0.2, 0.25) is 0 Å². The monoisotopic (exact) mass is 293 g/mol. The molecule has 0 saturated heterocycles. The van der Waals surface area contributed by atoms with E-state index < -0.39 is 6.10 Å². The van der Waals surface area contributed by atoms with Gasteiger partial charge in [0.25, 0.3) is 5.91 Å². The maximum Gasteiger partial charge on any atom is 0.307 e. The second-order valence-corrected chi connectivity index (χ2v) is 4.70. The molecule has 0 saturated carbocycles. The van der Waals surface area contributed by atoms with Gasteiger partial charge in [0.15, 0.2) is 0 Å². The highest BCUT2D eigenvalue weighted by molar-refractivity contribution is 5.96. The number of hydrogen-bond donors (Lipinski definition) is 2. The topological polar surface area (TPSA) is 75.6 Å². The van der Waals surface area contributed by atoms with Crippen molar-refractivity contribution in [2.24, 2.45) is 0 Å². The summed E-state index contributed by atoms with van der Waals surface area (Å²) in [6.45, 7) is 4.27. The zero-order chi connectivity index (χ0) is 15.7. The first-order valence-electron chi connectivity index (χ1n) is 7.30. The number of hydrogen-bond acceptors (Lipinski definition) is 4. The van der Waals surface area contributed by atoms with E-state index in [0.717, 1.165) is 6.42 Å². The molecule has 0 fully saturated rings. The Morgan fingerprint density at radius 1 is 1.29 bits per heavy atom. The normalized spacial score (nSPS) is 11.8. The Labute approximate surface area is 125 Å². The Balaban J connectivity index is 2.63. The number of carbonyl (C=O) groups is 2. The van der Waals surface area contributed by atoms with Crippen LogP contribution in [0.4, 0.5) is 0 Å². The summed E-state index contributed by atoms with van der Waals surface area (Å²) in [5.41, 5.74) is 1.07. The van der Waals surface area contributed by atoms with E-state index in [1.54, 1.807) is 31.2 Å². The van der Waals surface area contributed by atoms with E-state index in [0.29, 0.717) is 24.2 Å². The molecule has 0 aliphatic heterocycles. The Kier molecular flexibility index (Phi) is 7.46. The summed E-state index contributed by atoms with van der Waals surface area (Å²) in [4.78, 5) is 23.3. The fourth-order valence-electron chi connectivity index (χ4n) is 2.03. The van der Waals surface area contributed by atoms with Crippen LogP contribution in [0.25, 0.3) is 0 Å². The van der Waals surface area contributed by atoms with Gasteiger partial charge in [-0.25, -0.2) is 0 Å². The van der Waals surface area contributed by atoms with E-state index >= 15 is 0 Å². The minimum Gasteiger partial charge on any atom is -0.466 e. The van der Waals surface area contributed by atoms with E-state index in [1.165, 1.54) is 0 Å². The van der Waals surface area contributed by atoms with Crippen molar-refractivity contribution in [3.63, 3.8) is 0 Å². The lowest BCUT2D eigenvalue weighted by Gasteiger charge is -2.14. The molecular weight excluding hydrogens is 270 g/mol. The van der Waals surface area contributed by atoms with Gasteiger partial charge in [-0.2, -0.15) is 0 Å². The molecule has 2 N–H and O–H groups in total. The third-order valence-corrected chi connectivity index (χ3v) is 3.05. The van der Waals surface area contributed by atoms with E-state index in [1.807, 2.05) is 6.92 Å². The first kappa shape index (κ1) is 17.2. The maximum absolute atomic E-state index is 12.1. The molecule has 0 aliphatic carbocycles. The average Bonchev–Trinajstić information content (AvgIpc) is 2.47. The molecule has 5 heteroatoms. The van der Waals surface area contributed by atoms with Gasteiger partial charge >= 0.3 is 5.97 Å². The molecule has 0 radical (unpaired) electrons. The highest BCUT2D eigenvalue weighted by atomic mass is 16.5. The standard InChI is InChI=1S/C16H23NO4/c1-3-7-14(18)12-8-5-6-9-13(12)16(20)17-11-10-15(19)21-4-2/h5-6,8-9,14,18H,3-4,7,10-11H2,1-2H3,(H,17,20)/t14-/m1/s1. The molecule has 0 unspecified atom stereocenters. The van der Waals surface area contributed by atoms with Crippen LogP contribution < -0.4 is 5.32 Å². The molecule has 1 amide bonds. The Morgan fingerprint density at radius 2 is 2.00 bits per heavy atom.